The summed E-state index contributed by atoms with van der Waals surface area (Å²) in [5, 5.41) is 5.91. The summed E-state index contributed by atoms with van der Waals surface area (Å²) in [6, 6.07) is 16.3. The minimum Gasteiger partial charge on any atom is -0.372 e. The molecule has 0 saturated heterocycles. The number of rotatable bonds is 9. The van der Waals surface area contributed by atoms with E-state index in [2.05, 4.69) is 34.6 Å². The van der Waals surface area contributed by atoms with Crippen LogP contribution in [0.5, 0.6) is 0 Å². The van der Waals surface area contributed by atoms with E-state index in [9.17, 15) is 9.59 Å². The summed E-state index contributed by atoms with van der Waals surface area (Å²) < 4.78 is 0. The minimum absolute atomic E-state index is 0.210. The van der Waals surface area contributed by atoms with Gasteiger partial charge in [0.25, 0.3) is 5.91 Å². The standard InChI is InChI=1S/C21H26ClN3O2/c1-3-25(17-10-5-4-6-11-17)15-9-14-23-20(26)16(2)24-21(27)18-12-7-8-13-19(18)22/h4-8,10-13,16H,3,9,14-15H2,1-2H3,(H,23,26)(H,24,27)/t16-/m0/s1. The van der Waals surface area contributed by atoms with Crippen molar-refractivity contribution in [2.45, 2.75) is 26.3 Å². The van der Waals surface area contributed by atoms with Crippen molar-refractivity contribution in [3.05, 3.63) is 65.2 Å². The van der Waals surface area contributed by atoms with E-state index in [0.717, 1.165) is 19.5 Å². The highest BCUT2D eigenvalue weighted by molar-refractivity contribution is 6.33. The molecule has 0 aliphatic carbocycles. The molecule has 0 aliphatic heterocycles. The van der Waals surface area contributed by atoms with Crippen LogP contribution < -0.4 is 15.5 Å². The van der Waals surface area contributed by atoms with E-state index >= 15 is 0 Å². The average molecular weight is 388 g/mol. The first kappa shape index (κ1) is 20.8. The topological polar surface area (TPSA) is 61.4 Å². The lowest BCUT2D eigenvalue weighted by atomic mass is 10.2. The number of anilines is 1. The Hall–Kier alpha value is -2.53. The zero-order chi connectivity index (χ0) is 19.6. The fraction of sp³-hybridized carbons (Fsp3) is 0.333. The van der Waals surface area contributed by atoms with Gasteiger partial charge in [0.05, 0.1) is 10.6 Å². The van der Waals surface area contributed by atoms with E-state index in [1.165, 1.54) is 5.69 Å². The second kappa shape index (κ2) is 10.6. The molecule has 2 aromatic carbocycles. The molecule has 0 radical (unpaired) electrons. The Morgan fingerprint density at radius 2 is 1.74 bits per heavy atom. The molecule has 2 rings (SSSR count). The average Bonchev–Trinajstić information content (AvgIpc) is 2.68. The second-order valence-corrected chi connectivity index (χ2v) is 6.64. The van der Waals surface area contributed by atoms with Crippen LogP contribution in [0.25, 0.3) is 0 Å². The predicted molar refractivity (Wildman–Crippen MR) is 110 cm³/mol. The van der Waals surface area contributed by atoms with Crippen LogP contribution in [0.2, 0.25) is 5.02 Å². The number of halogens is 1. The molecule has 2 N–H and O–H groups in total. The summed E-state index contributed by atoms with van der Waals surface area (Å²) in [5.41, 5.74) is 1.53. The molecule has 0 bridgehead atoms. The molecular formula is C21H26ClN3O2. The van der Waals surface area contributed by atoms with Crippen molar-refractivity contribution in [2.24, 2.45) is 0 Å². The van der Waals surface area contributed by atoms with Crippen molar-refractivity contribution in [3.63, 3.8) is 0 Å². The van der Waals surface area contributed by atoms with Crippen LogP contribution in [0.3, 0.4) is 0 Å². The molecule has 27 heavy (non-hydrogen) atoms. The maximum absolute atomic E-state index is 12.2. The van der Waals surface area contributed by atoms with Crippen LogP contribution in [-0.2, 0) is 4.79 Å². The van der Waals surface area contributed by atoms with Crippen molar-refractivity contribution in [2.75, 3.05) is 24.5 Å². The van der Waals surface area contributed by atoms with Crippen molar-refractivity contribution >= 4 is 29.1 Å². The Bertz CT molecular complexity index is 752. The number of carbonyl (C=O) groups excluding carboxylic acids is 2. The van der Waals surface area contributed by atoms with Crippen LogP contribution in [0.15, 0.2) is 54.6 Å². The van der Waals surface area contributed by atoms with Gasteiger partial charge in [-0.3, -0.25) is 9.59 Å². The smallest absolute Gasteiger partial charge is 0.253 e. The fourth-order valence-electron chi connectivity index (χ4n) is 2.73. The molecule has 0 aliphatic rings. The van der Waals surface area contributed by atoms with Gasteiger partial charge in [-0.05, 0) is 44.5 Å². The van der Waals surface area contributed by atoms with Crippen LogP contribution >= 0.6 is 11.6 Å². The van der Waals surface area contributed by atoms with Gasteiger partial charge in [-0.2, -0.15) is 0 Å². The second-order valence-electron chi connectivity index (χ2n) is 6.23. The number of carbonyl (C=O) groups is 2. The van der Waals surface area contributed by atoms with Crippen molar-refractivity contribution in [1.29, 1.82) is 0 Å². The maximum Gasteiger partial charge on any atom is 0.253 e. The molecule has 0 aromatic heterocycles. The molecular weight excluding hydrogens is 362 g/mol. The molecule has 0 saturated carbocycles. The Balaban J connectivity index is 1.75. The molecule has 0 heterocycles. The largest absolute Gasteiger partial charge is 0.372 e. The Morgan fingerprint density at radius 1 is 1.07 bits per heavy atom. The van der Waals surface area contributed by atoms with Gasteiger partial charge in [-0.25, -0.2) is 0 Å². The van der Waals surface area contributed by atoms with Gasteiger partial charge < -0.3 is 15.5 Å². The first-order valence-corrected chi connectivity index (χ1v) is 9.53. The van der Waals surface area contributed by atoms with E-state index in [-0.39, 0.29) is 11.8 Å². The third kappa shape index (κ3) is 6.29. The molecule has 1 atom stereocenters. The van der Waals surface area contributed by atoms with Crippen molar-refractivity contribution in [1.82, 2.24) is 10.6 Å². The fourth-order valence-corrected chi connectivity index (χ4v) is 2.95. The number of benzene rings is 2. The number of para-hydroxylation sites is 1. The van der Waals surface area contributed by atoms with Crippen LogP contribution in [0, 0.1) is 0 Å². The monoisotopic (exact) mass is 387 g/mol. The first-order chi connectivity index (χ1) is 13.0. The van der Waals surface area contributed by atoms with Gasteiger partial charge in [0.1, 0.15) is 6.04 Å². The first-order valence-electron chi connectivity index (χ1n) is 9.16. The van der Waals surface area contributed by atoms with Crippen LogP contribution in [0.1, 0.15) is 30.6 Å². The molecule has 2 amide bonds. The van der Waals surface area contributed by atoms with Crippen LogP contribution in [-0.4, -0.2) is 37.5 Å². The van der Waals surface area contributed by atoms with Crippen molar-refractivity contribution in [3.8, 4) is 0 Å². The summed E-state index contributed by atoms with van der Waals surface area (Å²) in [4.78, 5) is 26.7. The van der Waals surface area contributed by atoms with Gasteiger partial charge >= 0.3 is 0 Å². The summed E-state index contributed by atoms with van der Waals surface area (Å²) in [6.07, 6.45) is 0.819. The molecule has 0 unspecified atom stereocenters. The number of nitrogens with one attached hydrogen (secondary N) is 2. The van der Waals surface area contributed by atoms with Crippen LogP contribution in [0.4, 0.5) is 5.69 Å². The predicted octanol–water partition coefficient (Wildman–Crippen LogP) is 3.49. The number of hydrogen-bond acceptors (Lipinski definition) is 3. The Kier molecular flexibility index (Phi) is 8.14. The lowest BCUT2D eigenvalue weighted by Gasteiger charge is -2.23. The molecule has 6 heteroatoms. The lowest BCUT2D eigenvalue weighted by molar-refractivity contribution is -0.122. The van der Waals surface area contributed by atoms with E-state index in [0.29, 0.717) is 17.1 Å². The van der Waals surface area contributed by atoms with E-state index in [4.69, 9.17) is 11.6 Å². The molecule has 0 spiro atoms. The molecule has 5 nitrogen and oxygen atoms in total. The summed E-state index contributed by atoms with van der Waals surface area (Å²) in [5.74, 6) is -0.567. The van der Waals surface area contributed by atoms with E-state index < -0.39 is 6.04 Å². The molecule has 0 fully saturated rings. The highest BCUT2D eigenvalue weighted by Gasteiger charge is 2.17. The highest BCUT2D eigenvalue weighted by Crippen LogP contribution is 2.15. The maximum atomic E-state index is 12.2. The Morgan fingerprint density at radius 3 is 2.41 bits per heavy atom. The zero-order valence-electron chi connectivity index (χ0n) is 15.7. The zero-order valence-corrected chi connectivity index (χ0v) is 16.5. The van der Waals surface area contributed by atoms with Gasteiger partial charge in [0.2, 0.25) is 5.91 Å². The third-order valence-corrected chi connectivity index (χ3v) is 4.60. The lowest BCUT2D eigenvalue weighted by Crippen LogP contribution is -2.45. The summed E-state index contributed by atoms with van der Waals surface area (Å²) in [6.45, 7) is 6.07. The number of hydrogen-bond donors (Lipinski definition) is 2. The van der Waals surface area contributed by atoms with Gasteiger partial charge in [-0.1, -0.05) is 41.9 Å². The normalized spacial score (nSPS) is 11.5. The van der Waals surface area contributed by atoms with E-state index in [1.807, 2.05) is 18.2 Å². The van der Waals surface area contributed by atoms with Crippen molar-refractivity contribution < 1.29 is 9.59 Å². The summed E-state index contributed by atoms with van der Waals surface area (Å²) in [7, 11) is 0. The highest BCUT2D eigenvalue weighted by atomic mass is 35.5. The SMILES string of the molecule is CCN(CCCNC(=O)[C@H](C)NC(=O)c1ccccc1Cl)c1ccccc1. The third-order valence-electron chi connectivity index (χ3n) is 4.27. The molecule has 2 aromatic rings. The van der Waals surface area contributed by atoms with E-state index in [1.54, 1.807) is 31.2 Å². The minimum atomic E-state index is -0.634. The van der Waals surface area contributed by atoms with Gasteiger partial charge in [0, 0.05) is 25.3 Å². The number of nitrogens with zero attached hydrogens (tertiary/aromatic N) is 1. The molecule has 144 valence electrons. The number of amides is 2. The Labute approximate surface area is 165 Å². The summed E-state index contributed by atoms with van der Waals surface area (Å²) >= 11 is 6.01. The van der Waals surface area contributed by atoms with Gasteiger partial charge in [-0.15, -0.1) is 0 Å². The quantitative estimate of drug-likeness (QED) is 0.647. The van der Waals surface area contributed by atoms with Gasteiger partial charge in [0.15, 0.2) is 0 Å².